The molecule has 0 aliphatic rings. The summed E-state index contributed by atoms with van der Waals surface area (Å²) in [6.45, 7) is 7.09. The van der Waals surface area contributed by atoms with Gasteiger partial charge >= 0.3 is 6.03 Å². The first-order valence-corrected chi connectivity index (χ1v) is 8.68. The molecule has 0 saturated carbocycles. The van der Waals surface area contributed by atoms with E-state index in [2.05, 4.69) is 29.6 Å². The highest BCUT2D eigenvalue weighted by atomic mass is 16.5. The molecular formula is C19H28N4O2. The molecule has 2 N–H and O–H groups in total. The Hall–Kier alpha value is -2.50. The van der Waals surface area contributed by atoms with Crippen LogP contribution in [-0.2, 0) is 33.0 Å². The molecule has 0 bridgehead atoms. The second-order valence-electron chi connectivity index (χ2n) is 6.05. The number of ether oxygens (including phenoxy) is 1. The zero-order valence-corrected chi connectivity index (χ0v) is 15.8. The highest BCUT2D eigenvalue weighted by Crippen LogP contribution is 2.19. The van der Waals surface area contributed by atoms with Gasteiger partial charge in [-0.3, -0.25) is 4.68 Å². The fourth-order valence-corrected chi connectivity index (χ4v) is 3.00. The lowest BCUT2D eigenvalue weighted by molar-refractivity contribution is 0.240. The van der Waals surface area contributed by atoms with Crippen molar-refractivity contribution in [1.82, 2.24) is 20.4 Å². The largest absolute Gasteiger partial charge is 0.496 e. The minimum atomic E-state index is -0.199. The Morgan fingerprint density at radius 2 is 1.92 bits per heavy atom. The van der Waals surface area contributed by atoms with Gasteiger partial charge in [0, 0.05) is 37.0 Å². The quantitative estimate of drug-likeness (QED) is 0.811. The number of benzene rings is 1. The highest BCUT2D eigenvalue weighted by molar-refractivity contribution is 5.74. The summed E-state index contributed by atoms with van der Waals surface area (Å²) in [7, 11) is 3.59. The normalized spacial score (nSPS) is 10.6. The second kappa shape index (κ2) is 8.55. The number of nitrogens with one attached hydrogen (secondary N) is 2. The molecule has 0 unspecified atom stereocenters. The van der Waals surface area contributed by atoms with E-state index in [0.717, 1.165) is 46.7 Å². The molecule has 1 heterocycles. The number of rotatable bonds is 7. The third kappa shape index (κ3) is 4.53. The maximum Gasteiger partial charge on any atom is 0.315 e. The van der Waals surface area contributed by atoms with E-state index in [1.54, 1.807) is 7.11 Å². The van der Waals surface area contributed by atoms with Crippen molar-refractivity contribution >= 4 is 6.03 Å². The predicted octanol–water partition coefficient (Wildman–Crippen LogP) is 2.86. The van der Waals surface area contributed by atoms with Crippen molar-refractivity contribution in [3.8, 4) is 5.75 Å². The molecule has 136 valence electrons. The molecule has 0 fully saturated rings. The molecule has 2 aromatic rings. The number of aromatic nitrogens is 2. The van der Waals surface area contributed by atoms with Crippen molar-refractivity contribution in [2.24, 2.45) is 7.05 Å². The van der Waals surface area contributed by atoms with Gasteiger partial charge in [0.15, 0.2) is 0 Å². The summed E-state index contributed by atoms with van der Waals surface area (Å²) < 4.78 is 7.28. The number of carbonyl (C=O) groups excluding carboxylic acids is 1. The number of hydrogen-bond donors (Lipinski definition) is 2. The molecule has 0 aliphatic heterocycles. The van der Waals surface area contributed by atoms with Crippen molar-refractivity contribution < 1.29 is 9.53 Å². The Morgan fingerprint density at radius 1 is 1.20 bits per heavy atom. The van der Waals surface area contributed by atoms with Gasteiger partial charge in [-0.25, -0.2) is 4.79 Å². The molecule has 6 heteroatoms. The number of urea groups is 1. The number of aryl methyl sites for hydroxylation is 3. The first-order chi connectivity index (χ1) is 12.0. The molecule has 2 rings (SSSR count). The summed E-state index contributed by atoms with van der Waals surface area (Å²) >= 11 is 0. The van der Waals surface area contributed by atoms with E-state index in [9.17, 15) is 4.79 Å². The first-order valence-electron chi connectivity index (χ1n) is 8.68. The van der Waals surface area contributed by atoms with Gasteiger partial charge in [0.05, 0.1) is 12.8 Å². The van der Waals surface area contributed by atoms with Crippen molar-refractivity contribution in [2.45, 2.75) is 46.7 Å². The van der Waals surface area contributed by atoms with Crippen LogP contribution in [-0.4, -0.2) is 22.9 Å². The van der Waals surface area contributed by atoms with E-state index in [4.69, 9.17) is 4.74 Å². The summed E-state index contributed by atoms with van der Waals surface area (Å²) in [6.07, 6.45) is 1.75. The SMILES string of the molecule is CCc1nn(C)c(CC)c1CNC(=O)NCc1ccc(C)cc1OC. The van der Waals surface area contributed by atoms with Crippen molar-refractivity contribution in [3.63, 3.8) is 0 Å². The third-order valence-corrected chi connectivity index (χ3v) is 4.34. The summed E-state index contributed by atoms with van der Waals surface area (Å²) in [5.74, 6) is 0.786. The van der Waals surface area contributed by atoms with Gasteiger partial charge < -0.3 is 15.4 Å². The third-order valence-electron chi connectivity index (χ3n) is 4.34. The summed E-state index contributed by atoms with van der Waals surface area (Å²) in [5, 5.41) is 10.4. The number of amides is 2. The standard InChI is InChI=1S/C19H28N4O2/c1-6-16-15(17(7-2)23(4)22-16)12-21-19(24)20-11-14-9-8-13(3)10-18(14)25-5/h8-10H,6-7,11-12H2,1-5H3,(H2,20,21,24). The van der Waals surface area contributed by atoms with E-state index in [1.165, 1.54) is 0 Å². The zero-order chi connectivity index (χ0) is 18.4. The summed E-state index contributed by atoms with van der Waals surface area (Å²) in [6, 6.07) is 5.75. The lowest BCUT2D eigenvalue weighted by Crippen LogP contribution is -2.35. The van der Waals surface area contributed by atoms with Crippen LogP contribution in [0.4, 0.5) is 4.79 Å². The Labute approximate surface area is 149 Å². The van der Waals surface area contributed by atoms with E-state index < -0.39 is 0 Å². The van der Waals surface area contributed by atoms with E-state index in [1.807, 2.05) is 36.9 Å². The number of hydrogen-bond acceptors (Lipinski definition) is 3. The lowest BCUT2D eigenvalue weighted by atomic mass is 10.1. The Balaban J connectivity index is 1.96. The van der Waals surface area contributed by atoms with Gasteiger partial charge in [0.1, 0.15) is 5.75 Å². The highest BCUT2D eigenvalue weighted by Gasteiger charge is 2.14. The molecule has 0 saturated heterocycles. The van der Waals surface area contributed by atoms with Gasteiger partial charge in [0.2, 0.25) is 0 Å². The van der Waals surface area contributed by atoms with Crippen LogP contribution in [0, 0.1) is 6.92 Å². The molecule has 6 nitrogen and oxygen atoms in total. The molecule has 0 aliphatic carbocycles. The number of nitrogens with zero attached hydrogens (tertiary/aromatic N) is 2. The van der Waals surface area contributed by atoms with Gasteiger partial charge in [-0.15, -0.1) is 0 Å². The van der Waals surface area contributed by atoms with Gasteiger partial charge in [-0.1, -0.05) is 26.0 Å². The Bertz CT molecular complexity index is 737. The average Bonchev–Trinajstić information content (AvgIpc) is 2.93. The minimum absolute atomic E-state index is 0.199. The average molecular weight is 344 g/mol. The first kappa shape index (κ1) is 18.8. The van der Waals surface area contributed by atoms with Crippen LogP contribution < -0.4 is 15.4 Å². The van der Waals surface area contributed by atoms with E-state index in [0.29, 0.717) is 13.1 Å². The Kier molecular flexibility index (Phi) is 6.44. The van der Waals surface area contributed by atoms with Crippen LogP contribution in [0.5, 0.6) is 5.75 Å². The molecule has 2 amide bonds. The van der Waals surface area contributed by atoms with Gasteiger partial charge in [0.25, 0.3) is 0 Å². The predicted molar refractivity (Wildman–Crippen MR) is 98.8 cm³/mol. The molecular weight excluding hydrogens is 316 g/mol. The fraction of sp³-hybridized carbons (Fsp3) is 0.474. The number of methoxy groups -OCH3 is 1. The van der Waals surface area contributed by atoms with E-state index in [-0.39, 0.29) is 6.03 Å². The van der Waals surface area contributed by atoms with Crippen molar-refractivity contribution in [3.05, 3.63) is 46.3 Å². The lowest BCUT2D eigenvalue weighted by Gasteiger charge is -2.12. The summed E-state index contributed by atoms with van der Waals surface area (Å²) in [5.41, 5.74) is 5.40. The maximum absolute atomic E-state index is 12.2. The van der Waals surface area contributed by atoms with Crippen LogP contribution >= 0.6 is 0 Å². The molecule has 0 radical (unpaired) electrons. The second-order valence-corrected chi connectivity index (χ2v) is 6.05. The minimum Gasteiger partial charge on any atom is -0.496 e. The van der Waals surface area contributed by atoms with Crippen LogP contribution in [0.1, 0.15) is 41.9 Å². The molecule has 1 aromatic heterocycles. The van der Waals surface area contributed by atoms with E-state index >= 15 is 0 Å². The maximum atomic E-state index is 12.2. The summed E-state index contributed by atoms with van der Waals surface area (Å²) in [4.78, 5) is 12.2. The van der Waals surface area contributed by atoms with Crippen molar-refractivity contribution in [1.29, 1.82) is 0 Å². The van der Waals surface area contributed by atoms with Crippen LogP contribution in [0.3, 0.4) is 0 Å². The molecule has 25 heavy (non-hydrogen) atoms. The van der Waals surface area contributed by atoms with Crippen molar-refractivity contribution in [2.75, 3.05) is 7.11 Å². The molecule has 1 aromatic carbocycles. The fourth-order valence-electron chi connectivity index (χ4n) is 3.00. The van der Waals surface area contributed by atoms with Gasteiger partial charge in [-0.05, 0) is 31.4 Å². The topological polar surface area (TPSA) is 68.2 Å². The molecule has 0 spiro atoms. The van der Waals surface area contributed by atoms with Gasteiger partial charge in [-0.2, -0.15) is 5.10 Å². The Morgan fingerprint density at radius 3 is 2.56 bits per heavy atom. The number of carbonyl (C=O) groups is 1. The zero-order valence-electron chi connectivity index (χ0n) is 15.8. The monoisotopic (exact) mass is 344 g/mol. The van der Waals surface area contributed by atoms with Crippen LogP contribution in [0.15, 0.2) is 18.2 Å². The smallest absolute Gasteiger partial charge is 0.315 e. The molecule has 0 atom stereocenters. The van der Waals surface area contributed by atoms with Crippen LogP contribution in [0.25, 0.3) is 0 Å². The van der Waals surface area contributed by atoms with Crippen LogP contribution in [0.2, 0.25) is 0 Å².